The lowest BCUT2D eigenvalue weighted by Crippen LogP contribution is -2.37. The number of rotatable bonds is 6. The summed E-state index contributed by atoms with van der Waals surface area (Å²) in [6, 6.07) is 2.17. The van der Waals surface area contributed by atoms with Gasteiger partial charge in [-0.25, -0.2) is 14.3 Å². The maximum atomic E-state index is 13.5. The second-order valence-corrected chi connectivity index (χ2v) is 11.8. The van der Waals surface area contributed by atoms with E-state index in [0.717, 1.165) is 44.5 Å². The van der Waals surface area contributed by atoms with Crippen molar-refractivity contribution in [2.45, 2.75) is 76.7 Å². The van der Waals surface area contributed by atoms with Gasteiger partial charge in [0.1, 0.15) is 17.0 Å². The Morgan fingerprint density at radius 2 is 1.95 bits per heavy atom. The lowest BCUT2D eigenvalue weighted by atomic mass is 9.86. The molecular formula is C27H35N7O5. The summed E-state index contributed by atoms with van der Waals surface area (Å²) in [7, 11) is 0. The number of aliphatic hydroxyl groups excluding tert-OH is 1. The number of nitrogens with zero attached hydrogens (tertiary/aromatic N) is 6. The fourth-order valence-corrected chi connectivity index (χ4v) is 5.88. The molecule has 3 fully saturated rings. The molecule has 3 aromatic rings. The Bertz CT molecular complexity index is 1380. The largest absolute Gasteiger partial charge is 0.455 e. The zero-order valence-corrected chi connectivity index (χ0v) is 22.5. The summed E-state index contributed by atoms with van der Waals surface area (Å²) in [6.07, 6.45) is 9.24. The molecule has 3 aliphatic rings. The van der Waals surface area contributed by atoms with Crippen LogP contribution in [0.3, 0.4) is 0 Å². The van der Waals surface area contributed by atoms with Gasteiger partial charge in [0.2, 0.25) is 0 Å². The van der Waals surface area contributed by atoms with Crippen LogP contribution in [0.4, 0.5) is 11.5 Å². The maximum absolute atomic E-state index is 13.5. The van der Waals surface area contributed by atoms with E-state index in [2.05, 4.69) is 20.4 Å². The van der Waals surface area contributed by atoms with Gasteiger partial charge in [0.05, 0.1) is 42.9 Å². The van der Waals surface area contributed by atoms with Gasteiger partial charge in [-0.1, -0.05) is 0 Å². The number of hydrogen-bond acceptors (Lipinski definition) is 9. The van der Waals surface area contributed by atoms with Crippen molar-refractivity contribution in [2.24, 2.45) is 5.92 Å². The van der Waals surface area contributed by atoms with Crippen LogP contribution in [-0.4, -0.2) is 78.9 Å². The fraction of sp³-hybridized carbons (Fsp3) is 0.593. The van der Waals surface area contributed by atoms with Crippen molar-refractivity contribution in [1.82, 2.24) is 24.4 Å². The molecule has 1 unspecified atom stereocenters. The molecule has 1 amide bonds. The summed E-state index contributed by atoms with van der Waals surface area (Å²) in [5.74, 6) is 0.0614. The zero-order chi connectivity index (χ0) is 27.3. The first-order valence-electron chi connectivity index (χ1n) is 13.7. The molecular weight excluding hydrogens is 502 g/mol. The quantitative estimate of drug-likeness (QED) is 0.455. The summed E-state index contributed by atoms with van der Waals surface area (Å²) >= 11 is 0. The number of anilines is 2. The van der Waals surface area contributed by atoms with Crippen LogP contribution in [0, 0.1) is 5.92 Å². The lowest BCUT2D eigenvalue weighted by molar-refractivity contribution is 0.00522. The molecule has 2 aliphatic heterocycles. The highest BCUT2D eigenvalue weighted by atomic mass is 16.6. The van der Waals surface area contributed by atoms with Gasteiger partial charge in [0.15, 0.2) is 11.3 Å². The summed E-state index contributed by atoms with van der Waals surface area (Å²) < 4.78 is 14.7. The molecule has 2 saturated heterocycles. The predicted molar refractivity (Wildman–Crippen MR) is 142 cm³/mol. The van der Waals surface area contributed by atoms with Crippen LogP contribution < -0.4 is 10.2 Å². The van der Waals surface area contributed by atoms with E-state index in [1.807, 2.05) is 6.07 Å². The van der Waals surface area contributed by atoms with E-state index in [4.69, 9.17) is 14.5 Å². The Kier molecular flexibility index (Phi) is 6.54. The molecule has 208 valence electrons. The van der Waals surface area contributed by atoms with Crippen LogP contribution in [-0.2, 0) is 9.47 Å². The minimum absolute atomic E-state index is 0.0260. The van der Waals surface area contributed by atoms with Gasteiger partial charge >= 0.3 is 5.97 Å². The van der Waals surface area contributed by atoms with Crippen LogP contribution in [0.1, 0.15) is 79.8 Å². The van der Waals surface area contributed by atoms with Gasteiger partial charge in [-0.2, -0.15) is 10.2 Å². The Balaban J connectivity index is 1.28. The monoisotopic (exact) mass is 537 g/mol. The summed E-state index contributed by atoms with van der Waals surface area (Å²) in [5, 5.41) is 21.2. The minimum atomic E-state index is -0.717. The molecule has 0 aromatic carbocycles. The molecule has 3 aromatic heterocycles. The number of aromatic nitrogens is 5. The Labute approximate surface area is 226 Å². The highest BCUT2D eigenvalue weighted by Crippen LogP contribution is 2.35. The zero-order valence-electron chi connectivity index (χ0n) is 22.5. The van der Waals surface area contributed by atoms with Crippen LogP contribution in [0.25, 0.3) is 5.65 Å². The van der Waals surface area contributed by atoms with Gasteiger partial charge in [0.25, 0.3) is 5.91 Å². The third kappa shape index (κ3) is 4.98. The highest BCUT2D eigenvalue weighted by Gasteiger charge is 2.40. The Morgan fingerprint density at radius 3 is 2.62 bits per heavy atom. The van der Waals surface area contributed by atoms with Gasteiger partial charge in [0, 0.05) is 19.3 Å². The smallest absolute Gasteiger partial charge is 0.359 e. The predicted octanol–water partition coefficient (Wildman–Crippen LogP) is 2.83. The van der Waals surface area contributed by atoms with E-state index in [0.29, 0.717) is 23.9 Å². The lowest BCUT2D eigenvalue weighted by Gasteiger charge is -2.29. The molecule has 1 aliphatic carbocycles. The summed E-state index contributed by atoms with van der Waals surface area (Å²) in [5.41, 5.74) is 0.503. The molecule has 1 saturated carbocycles. The normalized spacial score (nSPS) is 24.9. The molecule has 2 N–H and O–H groups in total. The van der Waals surface area contributed by atoms with E-state index in [1.54, 1.807) is 36.2 Å². The Hall–Kier alpha value is -3.51. The number of fused-ring (bicyclic) bond motifs is 3. The third-order valence-electron chi connectivity index (χ3n) is 7.85. The Morgan fingerprint density at radius 1 is 1.15 bits per heavy atom. The van der Waals surface area contributed by atoms with E-state index >= 15 is 0 Å². The van der Waals surface area contributed by atoms with Gasteiger partial charge < -0.3 is 24.8 Å². The summed E-state index contributed by atoms with van der Waals surface area (Å²) in [4.78, 5) is 33.9. The van der Waals surface area contributed by atoms with Crippen molar-refractivity contribution in [3.8, 4) is 0 Å². The minimum Gasteiger partial charge on any atom is -0.455 e. The first kappa shape index (κ1) is 25.8. The SMILES string of the molecule is CC(C)(C)OC(=O)c1c(NC(=O)c2cnn3ccc(N4C[C@H]5CC4CO5)nc23)cnn1C1CCC(CO)CC1. The molecule has 12 nitrogen and oxygen atoms in total. The van der Waals surface area contributed by atoms with Crippen LogP contribution in [0.5, 0.6) is 0 Å². The van der Waals surface area contributed by atoms with Crippen molar-refractivity contribution in [3.05, 3.63) is 35.9 Å². The van der Waals surface area contributed by atoms with Crippen molar-refractivity contribution < 1.29 is 24.2 Å². The first-order chi connectivity index (χ1) is 18.7. The number of esters is 1. The van der Waals surface area contributed by atoms with E-state index in [-0.39, 0.29) is 36.1 Å². The number of aliphatic hydroxyl groups is 1. The average Bonchev–Trinajstić information content (AvgIpc) is 3.70. The van der Waals surface area contributed by atoms with Gasteiger partial charge in [-0.15, -0.1) is 0 Å². The van der Waals surface area contributed by atoms with E-state index < -0.39 is 17.5 Å². The molecule has 0 spiro atoms. The van der Waals surface area contributed by atoms with E-state index in [1.165, 1.54) is 12.4 Å². The number of carbonyl (C=O) groups excluding carboxylic acids is 2. The number of ether oxygens (including phenoxy) is 2. The topological polar surface area (TPSA) is 136 Å². The number of amides is 1. The van der Waals surface area contributed by atoms with Crippen molar-refractivity contribution >= 4 is 29.0 Å². The van der Waals surface area contributed by atoms with Crippen molar-refractivity contribution in [2.75, 3.05) is 30.0 Å². The number of morpholine rings is 1. The molecule has 5 heterocycles. The molecule has 6 rings (SSSR count). The van der Waals surface area contributed by atoms with Crippen molar-refractivity contribution in [1.29, 1.82) is 0 Å². The van der Waals surface area contributed by atoms with Crippen molar-refractivity contribution in [3.63, 3.8) is 0 Å². The average molecular weight is 538 g/mol. The van der Waals surface area contributed by atoms with Crippen LogP contribution in [0.2, 0.25) is 0 Å². The first-order valence-corrected chi connectivity index (χ1v) is 13.7. The number of hydrogen-bond donors (Lipinski definition) is 2. The summed E-state index contributed by atoms with van der Waals surface area (Å²) in [6.45, 7) is 7.03. The number of nitrogens with one attached hydrogen (secondary N) is 1. The maximum Gasteiger partial charge on any atom is 0.359 e. The molecule has 2 bridgehead atoms. The second-order valence-electron chi connectivity index (χ2n) is 11.8. The fourth-order valence-electron chi connectivity index (χ4n) is 5.88. The standard InChI is InChI=1S/C27H35N7O5/c1-27(2,3)39-26(37)23-21(12-29-34(23)17-6-4-16(14-35)5-7-17)30-25(36)20-11-28-33-9-8-22(31-24(20)33)32-13-19-10-18(32)15-38-19/h8-9,11-12,16-19,35H,4-7,10,13-15H2,1-3H3,(H,30,36)/t16?,17?,18?,19-/m1/s1. The van der Waals surface area contributed by atoms with E-state index in [9.17, 15) is 14.7 Å². The number of carbonyl (C=O) groups is 2. The highest BCUT2D eigenvalue weighted by molar-refractivity contribution is 6.10. The second kappa shape index (κ2) is 9.91. The van der Waals surface area contributed by atoms with Gasteiger partial charge in [-0.05, 0) is 64.9 Å². The molecule has 12 heteroatoms. The van der Waals surface area contributed by atoms with Crippen LogP contribution >= 0.6 is 0 Å². The van der Waals surface area contributed by atoms with Gasteiger partial charge in [-0.3, -0.25) is 9.48 Å². The molecule has 39 heavy (non-hydrogen) atoms. The molecule has 0 radical (unpaired) electrons. The van der Waals surface area contributed by atoms with Crippen LogP contribution in [0.15, 0.2) is 24.7 Å². The molecule has 2 atom stereocenters. The third-order valence-corrected chi connectivity index (χ3v) is 7.85.